The zero-order valence-electron chi connectivity index (χ0n) is 16.1. The summed E-state index contributed by atoms with van der Waals surface area (Å²) in [5.74, 6) is 3.18. The molecule has 0 aromatic heterocycles. The highest BCUT2D eigenvalue weighted by atomic mass is 16.5. The third kappa shape index (κ3) is 4.17. The summed E-state index contributed by atoms with van der Waals surface area (Å²) < 4.78 is 21.8. The Bertz CT molecular complexity index is 859. The molecule has 0 saturated carbocycles. The summed E-state index contributed by atoms with van der Waals surface area (Å²) in [6.45, 7) is 0. The van der Waals surface area contributed by atoms with Crippen LogP contribution in [-0.4, -0.2) is 28.4 Å². The molecule has 2 aromatic rings. The molecule has 4 heteroatoms. The Morgan fingerprint density at radius 2 is 1.37 bits per heavy atom. The lowest BCUT2D eigenvalue weighted by Gasteiger charge is -2.17. The van der Waals surface area contributed by atoms with Crippen LogP contribution in [0.25, 0.3) is 11.6 Å². The van der Waals surface area contributed by atoms with E-state index in [9.17, 15) is 0 Å². The van der Waals surface area contributed by atoms with Crippen molar-refractivity contribution < 1.29 is 18.9 Å². The molecule has 4 nitrogen and oxygen atoms in total. The zero-order chi connectivity index (χ0) is 19.2. The van der Waals surface area contributed by atoms with Crippen LogP contribution in [0.2, 0.25) is 0 Å². The first-order valence-corrected chi connectivity index (χ1v) is 8.70. The molecule has 0 amide bonds. The molecular weight excluding hydrogens is 340 g/mol. The molecule has 2 aromatic carbocycles. The number of ether oxygens (including phenoxy) is 4. The summed E-state index contributed by atoms with van der Waals surface area (Å²) >= 11 is 0. The highest BCUT2D eigenvalue weighted by Crippen LogP contribution is 2.38. The van der Waals surface area contributed by atoms with Crippen LogP contribution < -0.4 is 18.9 Å². The normalized spacial score (nSPS) is 13.7. The maximum Gasteiger partial charge on any atom is 0.130 e. The Morgan fingerprint density at radius 1 is 0.741 bits per heavy atom. The van der Waals surface area contributed by atoms with E-state index in [1.807, 2.05) is 36.4 Å². The Kier molecular flexibility index (Phi) is 5.87. The van der Waals surface area contributed by atoms with Gasteiger partial charge in [0.15, 0.2) is 0 Å². The van der Waals surface area contributed by atoms with E-state index in [1.165, 1.54) is 0 Å². The molecule has 0 heterocycles. The molecule has 1 aliphatic rings. The second-order valence-corrected chi connectivity index (χ2v) is 6.11. The molecule has 27 heavy (non-hydrogen) atoms. The van der Waals surface area contributed by atoms with Gasteiger partial charge in [-0.05, 0) is 41.5 Å². The molecule has 0 bridgehead atoms. The maximum atomic E-state index is 5.64. The van der Waals surface area contributed by atoms with E-state index in [0.717, 1.165) is 39.7 Å². The van der Waals surface area contributed by atoms with Gasteiger partial charge in [-0.15, -0.1) is 0 Å². The van der Waals surface area contributed by atoms with E-state index in [2.05, 4.69) is 30.4 Å². The standard InChI is InChI=1S/C23H24O4/c1-24-18-9-10-21(23(15-18)27-4)22(17-7-5-6-8-17)13-16-11-19(25-2)14-20(12-16)26-3/h5-15,17H,1-4H3/b22-13+. The van der Waals surface area contributed by atoms with Crippen molar-refractivity contribution >= 4 is 11.6 Å². The van der Waals surface area contributed by atoms with Crippen molar-refractivity contribution in [3.63, 3.8) is 0 Å². The Balaban J connectivity index is 2.14. The monoisotopic (exact) mass is 364 g/mol. The average Bonchev–Trinajstić information content (AvgIpc) is 3.25. The quantitative estimate of drug-likeness (QED) is 0.648. The summed E-state index contributed by atoms with van der Waals surface area (Å²) in [5.41, 5.74) is 3.13. The largest absolute Gasteiger partial charge is 0.497 e. The van der Waals surface area contributed by atoms with Crippen LogP contribution in [0.3, 0.4) is 0 Å². The molecule has 3 rings (SSSR count). The van der Waals surface area contributed by atoms with Gasteiger partial charge in [0.05, 0.1) is 28.4 Å². The molecule has 0 saturated heterocycles. The summed E-state index contributed by atoms with van der Waals surface area (Å²) in [6, 6.07) is 11.7. The summed E-state index contributed by atoms with van der Waals surface area (Å²) in [5, 5.41) is 0. The first kappa shape index (κ1) is 18.6. The topological polar surface area (TPSA) is 36.9 Å². The van der Waals surface area contributed by atoms with Gasteiger partial charge in [-0.1, -0.05) is 24.3 Å². The fraction of sp³-hybridized carbons (Fsp3) is 0.217. The Labute approximate surface area is 160 Å². The van der Waals surface area contributed by atoms with Gasteiger partial charge in [-0.2, -0.15) is 0 Å². The second kappa shape index (κ2) is 8.49. The van der Waals surface area contributed by atoms with Crippen molar-refractivity contribution in [2.75, 3.05) is 28.4 Å². The first-order valence-electron chi connectivity index (χ1n) is 8.70. The summed E-state index contributed by atoms with van der Waals surface area (Å²) in [6.07, 6.45) is 10.6. The van der Waals surface area contributed by atoms with E-state index in [1.54, 1.807) is 28.4 Å². The molecule has 0 aliphatic heterocycles. The van der Waals surface area contributed by atoms with Crippen LogP contribution in [0, 0.1) is 5.92 Å². The van der Waals surface area contributed by atoms with E-state index in [0.29, 0.717) is 0 Å². The second-order valence-electron chi connectivity index (χ2n) is 6.11. The van der Waals surface area contributed by atoms with Crippen molar-refractivity contribution in [3.05, 3.63) is 71.8 Å². The van der Waals surface area contributed by atoms with Crippen LogP contribution in [0.15, 0.2) is 60.7 Å². The fourth-order valence-electron chi connectivity index (χ4n) is 3.12. The van der Waals surface area contributed by atoms with Crippen molar-refractivity contribution in [3.8, 4) is 23.0 Å². The van der Waals surface area contributed by atoms with E-state index in [-0.39, 0.29) is 5.92 Å². The lowest BCUT2D eigenvalue weighted by molar-refractivity contribution is 0.393. The molecule has 0 radical (unpaired) electrons. The minimum absolute atomic E-state index is 0.157. The van der Waals surface area contributed by atoms with Crippen LogP contribution in [-0.2, 0) is 0 Å². The number of hydrogen-bond donors (Lipinski definition) is 0. The van der Waals surface area contributed by atoms with Crippen LogP contribution in [0.5, 0.6) is 23.0 Å². The minimum Gasteiger partial charge on any atom is -0.497 e. The third-order valence-electron chi connectivity index (χ3n) is 4.52. The Morgan fingerprint density at radius 3 is 1.93 bits per heavy atom. The number of hydrogen-bond acceptors (Lipinski definition) is 4. The van der Waals surface area contributed by atoms with Gasteiger partial charge >= 0.3 is 0 Å². The lowest BCUT2D eigenvalue weighted by Crippen LogP contribution is -2.00. The number of allylic oxidation sites excluding steroid dienone is 5. The average molecular weight is 364 g/mol. The molecule has 0 spiro atoms. The van der Waals surface area contributed by atoms with Gasteiger partial charge in [-0.3, -0.25) is 0 Å². The molecule has 1 aliphatic carbocycles. The van der Waals surface area contributed by atoms with Crippen molar-refractivity contribution in [1.82, 2.24) is 0 Å². The highest BCUT2D eigenvalue weighted by Gasteiger charge is 2.18. The van der Waals surface area contributed by atoms with Crippen LogP contribution >= 0.6 is 0 Å². The molecule has 0 atom stereocenters. The lowest BCUT2D eigenvalue weighted by atomic mass is 9.90. The number of rotatable bonds is 7. The smallest absolute Gasteiger partial charge is 0.130 e. The number of methoxy groups -OCH3 is 4. The molecule has 0 unspecified atom stereocenters. The highest BCUT2D eigenvalue weighted by molar-refractivity contribution is 5.88. The van der Waals surface area contributed by atoms with Crippen molar-refractivity contribution in [1.29, 1.82) is 0 Å². The van der Waals surface area contributed by atoms with Crippen molar-refractivity contribution in [2.24, 2.45) is 5.92 Å². The van der Waals surface area contributed by atoms with Gasteiger partial charge in [0, 0.05) is 23.6 Å². The molecule has 0 fully saturated rings. The van der Waals surface area contributed by atoms with Crippen LogP contribution in [0.1, 0.15) is 11.1 Å². The molecule has 140 valence electrons. The third-order valence-corrected chi connectivity index (χ3v) is 4.52. The van der Waals surface area contributed by atoms with Gasteiger partial charge in [0.2, 0.25) is 0 Å². The SMILES string of the molecule is COc1cc(/C=C(/c2ccc(OC)cc2OC)C2C=CC=C2)cc(OC)c1. The predicted octanol–water partition coefficient (Wildman–Crippen LogP) is 5.00. The minimum atomic E-state index is 0.157. The van der Waals surface area contributed by atoms with E-state index < -0.39 is 0 Å². The van der Waals surface area contributed by atoms with Gasteiger partial charge in [0.1, 0.15) is 23.0 Å². The van der Waals surface area contributed by atoms with Gasteiger partial charge < -0.3 is 18.9 Å². The maximum absolute atomic E-state index is 5.64. The summed E-state index contributed by atoms with van der Waals surface area (Å²) in [7, 11) is 6.62. The van der Waals surface area contributed by atoms with Gasteiger partial charge in [-0.25, -0.2) is 0 Å². The first-order chi connectivity index (χ1) is 13.2. The summed E-state index contributed by atoms with van der Waals surface area (Å²) in [4.78, 5) is 0. The van der Waals surface area contributed by atoms with Crippen molar-refractivity contribution in [2.45, 2.75) is 0 Å². The fourth-order valence-corrected chi connectivity index (χ4v) is 3.12. The van der Waals surface area contributed by atoms with Gasteiger partial charge in [0.25, 0.3) is 0 Å². The van der Waals surface area contributed by atoms with E-state index >= 15 is 0 Å². The predicted molar refractivity (Wildman–Crippen MR) is 109 cm³/mol. The number of benzene rings is 2. The van der Waals surface area contributed by atoms with Crippen LogP contribution in [0.4, 0.5) is 0 Å². The Hall–Kier alpha value is -3.14. The van der Waals surface area contributed by atoms with E-state index in [4.69, 9.17) is 18.9 Å². The zero-order valence-corrected chi connectivity index (χ0v) is 16.1. The molecular formula is C23H24O4. The molecule has 0 N–H and O–H groups in total.